The molecule has 0 radical (unpaired) electrons. The molecule has 0 spiro atoms. The summed E-state index contributed by atoms with van der Waals surface area (Å²) in [5.41, 5.74) is 2.22. The number of amides is 1. The molecule has 1 aromatic heterocycles. The van der Waals surface area contributed by atoms with E-state index >= 15 is 0 Å². The summed E-state index contributed by atoms with van der Waals surface area (Å²) in [6.45, 7) is 3.33. The van der Waals surface area contributed by atoms with Crippen LogP contribution < -0.4 is 5.32 Å². The van der Waals surface area contributed by atoms with Gasteiger partial charge in [0.25, 0.3) is 5.91 Å². The molecule has 0 atom stereocenters. The van der Waals surface area contributed by atoms with Crippen molar-refractivity contribution in [1.29, 1.82) is 0 Å². The second-order valence-electron chi connectivity index (χ2n) is 4.55. The summed E-state index contributed by atoms with van der Waals surface area (Å²) in [5.74, 6) is 0.0851. The monoisotopic (exact) mass is 326 g/mol. The van der Waals surface area contributed by atoms with Crippen LogP contribution >= 0.6 is 11.6 Å². The van der Waals surface area contributed by atoms with Crippen molar-refractivity contribution in [3.05, 3.63) is 59.4 Å². The number of hydrogen-bond acceptors (Lipinski definition) is 4. The van der Waals surface area contributed by atoms with Gasteiger partial charge in [-0.2, -0.15) is 0 Å². The van der Waals surface area contributed by atoms with Crippen LogP contribution in [0.1, 0.15) is 0 Å². The number of carbonyl (C=O) groups is 1. The predicted octanol–water partition coefficient (Wildman–Crippen LogP) is 3.63. The molecule has 2 rings (SSSR count). The Kier molecular flexibility index (Phi) is 5.77. The van der Waals surface area contributed by atoms with Gasteiger partial charge in [-0.3, -0.25) is 14.8 Å². The van der Waals surface area contributed by atoms with E-state index < -0.39 is 0 Å². The molecule has 0 aliphatic carbocycles. The van der Waals surface area contributed by atoms with E-state index in [4.69, 9.17) is 11.6 Å². The minimum Gasteiger partial charge on any atom is -0.306 e. The van der Waals surface area contributed by atoms with Crippen LogP contribution in [0, 0.1) is 0 Å². The zero-order chi connectivity index (χ0) is 16.7. The lowest BCUT2D eigenvalue weighted by molar-refractivity contribution is -0.112. The fourth-order valence-corrected chi connectivity index (χ4v) is 1.98. The van der Waals surface area contributed by atoms with Crippen molar-refractivity contribution in [3.8, 4) is 11.1 Å². The van der Waals surface area contributed by atoms with Crippen LogP contribution in [0.15, 0.2) is 64.4 Å². The van der Waals surface area contributed by atoms with E-state index in [1.54, 1.807) is 19.3 Å². The highest BCUT2D eigenvalue weighted by Crippen LogP contribution is 2.21. The Morgan fingerprint density at radius 3 is 2.48 bits per heavy atom. The van der Waals surface area contributed by atoms with Gasteiger partial charge in [0.05, 0.1) is 5.57 Å². The Bertz CT molecular complexity index is 749. The Morgan fingerprint density at radius 1 is 1.22 bits per heavy atom. The molecule has 116 valence electrons. The van der Waals surface area contributed by atoms with Crippen molar-refractivity contribution >= 4 is 36.3 Å². The number of aromatic nitrogens is 1. The quantitative estimate of drug-likeness (QED) is 0.673. The number of halogens is 1. The maximum absolute atomic E-state index is 12.1. The van der Waals surface area contributed by atoms with Crippen LogP contribution in [-0.2, 0) is 4.79 Å². The first-order chi connectivity index (χ1) is 11.1. The zero-order valence-corrected chi connectivity index (χ0v) is 13.3. The third kappa shape index (κ3) is 4.59. The number of carbonyl (C=O) groups excluding carboxylic acids is 1. The third-order valence-electron chi connectivity index (χ3n) is 2.94. The smallest absolute Gasteiger partial charge is 0.259 e. The molecule has 0 aliphatic rings. The highest BCUT2D eigenvalue weighted by molar-refractivity contribution is 6.30. The second-order valence-corrected chi connectivity index (χ2v) is 4.98. The van der Waals surface area contributed by atoms with Gasteiger partial charge in [0.2, 0.25) is 0 Å². The molecule has 0 unspecified atom stereocenters. The highest BCUT2D eigenvalue weighted by atomic mass is 35.5. The van der Waals surface area contributed by atoms with E-state index in [1.807, 2.05) is 30.3 Å². The molecule has 2 aromatic rings. The molecule has 1 heterocycles. The van der Waals surface area contributed by atoms with Crippen LogP contribution in [0.3, 0.4) is 0 Å². The molecule has 1 N–H and O–H groups in total. The van der Waals surface area contributed by atoms with Gasteiger partial charge in [0.15, 0.2) is 0 Å². The van der Waals surface area contributed by atoms with Gasteiger partial charge in [-0.15, -0.1) is 0 Å². The Hall–Kier alpha value is -2.79. The number of nitrogens with one attached hydrogen (secondary N) is 1. The lowest BCUT2D eigenvalue weighted by Gasteiger charge is -2.06. The molecule has 5 nitrogen and oxygen atoms in total. The first-order valence-corrected chi connectivity index (χ1v) is 7.13. The van der Waals surface area contributed by atoms with Gasteiger partial charge < -0.3 is 5.32 Å². The lowest BCUT2D eigenvalue weighted by Crippen LogP contribution is -2.16. The molecule has 0 saturated heterocycles. The van der Waals surface area contributed by atoms with Gasteiger partial charge in [-0.25, -0.2) is 4.98 Å². The molecule has 0 bridgehead atoms. The number of rotatable bonds is 5. The SMILES string of the molecule is C=N/C=C(\C=NC)C(=O)Nc1ccc(-c2ccc(Cl)cc2)cn1. The first kappa shape index (κ1) is 16.6. The summed E-state index contributed by atoms with van der Waals surface area (Å²) in [4.78, 5) is 23.7. The molecule has 0 saturated carbocycles. The average Bonchev–Trinajstić information content (AvgIpc) is 2.56. The van der Waals surface area contributed by atoms with Crippen molar-refractivity contribution in [2.75, 3.05) is 12.4 Å². The van der Waals surface area contributed by atoms with E-state index in [0.717, 1.165) is 11.1 Å². The summed E-state index contributed by atoms with van der Waals surface area (Å²) in [5, 5.41) is 3.36. The summed E-state index contributed by atoms with van der Waals surface area (Å²) in [7, 11) is 1.57. The lowest BCUT2D eigenvalue weighted by atomic mass is 10.1. The molecular weight excluding hydrogens is 312 g/mol. The number of anilines is 1. The summed E-state index contributed by atoms with van der Waals surface area (Å²) >= 11 is 5.87. The van der Waals surface area contributed by atoms with Crippen LogP contribution in [0.2, 0.25) is 5.02 Å². The number of nitrogens with zero attached hydrogens (tertiary/aromatic N) is 3. The van der Waals surface area contributed by atoms with Crippen molar-refractivity contribution in [1.82, 2.24) is 4.98 Å². The third-order valence-corrected chi connectivity index (χ3v) is 3.20. The molecule has 23 heavy (non-hydrogen) atoms. The molecular formula is C17H15ClN4O. The molecule has 0 fully saturated rings. The molecule has 6 heteroatoms. The fraction of sp³-hybridized carbons (Fsp3) is 0.0588. The normalized spacial score (nSPS) is 11.5. The standard InChI is InChI=1S/C17H15ClN4O/c1-19-9-14(10-20-2)17(23)22-16-8-5-13(11-21-16)12-3-6-15(18)7-4-12/h3-11H,1H2,2H3,(H,21,22,23)/b14-9+,20-10?. The molecule has 1 aromatic carbocycles. The Balaban J connectivity index is 2.13. The maximum Gasteiger partial charge on any atom is 0.259 e. The minimum absolute atomic E-state index is 0.297. The van der Waals surface area contributed by atoms with E-state index in [9.17, 15) is 4.79 Å². The first-order valence-electron chi connectivity index (χ1n) is 6.75. The van der Waals surface area contributed by atoms with E-state index in [0.29, 0.717) is 16.4 Å². The molecule has 1 amide bonds. The van der Waals surface area contributed by atoms with Crippen molar-refractivity contribution in [2.45, 2.75) is 0 Å². The van der Waals surface area contributed by atoms with E-state index in [1.165, 1.54) is 12.4 Å². The summed E-state index contributed by atoms with van der Waals surface area (Å²) in [6, 6.07) is 11.0. The second kappa shape index (κ2) is 8.00. The summed E-state index contributed by atoms with van der Waals surface area (Å²) < 4.78 is 0. The number of hydrogen-bond donors (Lipinski definition) is 1. The zero-order valence-electron chi connectivity index (χ0n) is 12.5. The predicted molar refractivity (Wildman–Crippen MR) is 95.4 cm³/mol. The van der Waals surface area contributed by atoms with Crippen LogP contribution in [-0.4, -0.2) is 30.9 Å². The largest absolute Gasteiger partial charge is 0.306 e. The van der Waals surface area contributed by atoms with Crippen molar-refractivity contribution in [2.24, 2.45) is 9.98 Å². The fourth-order valence-electron chi connectivity index (χ4n) is 1.86. The van der Waals surface area contributed by atoms with Crippen molar-refractivity contribution in [3.63, 3.8) is 0 Å². The minimum atomic E-state index is -0.352. The van der Waals surface area contributed by atoms with Crippen LogP contribution in [0.25, 0.3) is 11.1 Å². The van der Waals surface area contributed by atoms with Gasteiger partial charge in [0.1, 0.15) is 5.82 Å². The van der Waals surface area contributed by atoms with Crippen molar-refractivity contribution < 1.29 is 4.79 Å². The Labute approximate surface area is 139 Å². The van der Waals surface area contributed by atoms with Gasteiger partial charge in [-0.05, 0) is 36.5 Å². The van der Waals surface area contributed by atoms with E-state index in [2.05, 4.69) is 27.0 Å². The van der Waals surface area contributed by atoms with Gasteiger partial charge in [-0.1, -0.05) is 23.7 Å². The Morgan fingerprint density at radius 2 is 1.91 bits per heavy atom. The molecule has 0 aliphatic heterocycles. The summed E-state index contributed by atoms with van der Waals surface area (Å²) in [6.07, 6.45) is 4.43. The highest BCUT2D eigenvalue weighted by Gasteiger charge is 2.08. The maximum atomic E-state index is 12.1. The topological polar surface area (TPSA) is 66.7 Å². The van der Waals surface area contributed by atoms with Gasteiger partial charge in [0, 0.05) is 36.2 Å². The van der Waals surface area contributed by atoms with Crippen LogP contribution in [0.4, 0.5) is 5.82 Å². The van der Waals surface area contributed by atoms with E-state index in [-0.39, 0.29) is 5.91 Å². The number of aliphatic imine (C=N–C) groups is 2. The number of benzene rings is 1. The number of pyridine rings is 1. The van der Waals surface area contributed by atoms with Gasteiger partial charge >= 0.3 is 0 Å². The average molecular weight is 327 g/mol. The van der Waals surface area contributed by atoms with Crippen LogP contribution in [0.5, 0.6) is 0 Å².